The normalized spacial score (nSPS) is 14.1. The molecule has 2 heteroatoms. The zero-order valence-corrected chi connectivity index (χ0v) is 33.6. The van der Waals surface area contributed by atoms with Gasteiger partial charge in [-0.25, -0.2) is 0 Å². The van der Waals surface area contributed by atoms with Crippen molar-refractivity contribution in [3.8, 4) is 11.1 Å². The molecule has 282 valence electrons. The monoisotopic (exact) mass is 717 g/mol. The lowest BCUT2D eigenvalue weighted by Gasteiger charge is -2.35. The molecule has 0 aliphatic heterocycles. The predicted molar refractivity (Wildman–Crippen MR) is 238 cm³/mol. The maximum Gasteiger partial charge on any atom is 0.0464 e. The summed E-state index contributed by atoms with van der Waals surface area (Å²) in [5.41, 5.74) is 15.5. The molecule has 2 aliphatic rings. The van der Waals surface area contributed by atoms with Crippen LogP contribution in [-0.4, -0.2) is 0 Å². The highest BCUT2D eigenvalue weighted by molar-refractivity contribution is 5.86. The smallest absolute Gasteiger partial charge is 0.0464 e. The van der Waals surface area contributed by atoms with Crippen molar-refractivity contribution >= 4 is 34.9 Å². The van der Waals surface area contributed by atoms with Gasteiger partial charge in [-0.05, 0) is 121 Å². The Morgan fingerprint density at radius 1 is 0.630 bits per heavy atom. The van der Waals surface area contributed by atoms with E-state index >= 15 is 0 Å². The molecule has 6 rings (SSSR count). The van der Waals surface area contributed by atoms with E-state index in [1.54, 1.807) is 0 Å². The van der Waals surface area contributed by atoms with Crippen molar-refractivity contribution in [1.29, 1.82) is 0 Å². The van der Waals surface area contributed by atoms with Crippen LogP contribution in [0.15, 0.2) is 122 Å². The Kier molecular flexibility index (Phi) is 13.9. The zero-order chi connectivity index (χ0) is 37.8. The van der Waals surface area contributed by atoms with E-state index in [0.29, 0.717) is 0 Å². The van der Waals surface area contributed by atoms with E-state index in [9.17, 15) is 0 Å². The number of fused-ring (bicyclic) bond motifs is 3. The summed E-state index contributed by atoms with van der Waals surface area (Å²) in [6.45, 7) is 15.0. The van der Waals surface area contributed by atoms with Crippen LogP contribution in [-0.2, 0) is 5.41 Å². The van der Waals surface area contributed by atoms with Crippen LogP contribution in [0.3, 0.4) is 0 Å². The van der Waals surface area contributed by atoms with Gasteiger partial charge in [0.15, 0.2) is 0 Å². The lowest BCUT2D eigenvalue weighted by molar-refractivity contribution is 0.398. The molecule has 0 amide bonds. The summed E-state index contributed by atoms with van der Waals surface area (Å²) in [7, 11) is 0. The molecular formula is C52H64N2. The van der Waals surface area contributed by atoms with Gasteiger partial charge in [0.1, 0.15) is 0 Å². The van der Waals surface area contributed by atoms with Crippen molar-refractivity contribution in [1.82, 2.24) is 0 Å². The lowest BCUT2D eigenvalue weighted by Crippen LogP contribution is -2.26. The molecule has 4 aromatic rings. The Morgan fingerprint density at radius 2 is 1.20 bits per heavy atom. The van der Waals surface area contributed by atoms with E-state index in [1.165, 1.54) is 135 Å². The summed E-state index contributed by atoms with van der Waals surface area (Å²) in [5, 5.41) is 3.79. The van der Waals surface area contributed by atoms with E-state index in [4.69, 9.17) is 0 Å². The summed E-state index contributed by atoms with van der Waals surface area (Å²) < 4.78 is 0. The highest BCUT2D eigenvalue weighted by atomic mass is 15.1. The van der Waals surface area contributed by atoms with Crippen LogP contribution in [0.5, 0.6) is 0 Å². The van der Waals surface area contributed by atoms with E-state index in [1.807, 2.05) is 12.2 Å². The molecular weight excluding hydrogens is 653 g/mol. The Hall–Kier alpha value is -4.56. The molecule has 0 saturated carbocycles. The van der Waals surface area contributed by atoms with Gasteiger partial charge in [-0.1, -0.05) is 164 Å². The third-order valence-corrected chi connectivity index (χ3v) is 11.8. The molecule has 2 nitrogen and oxygen atoms in total. The second kappa shape index (κ2) is 19.2. The van der Waals surface area contributed by atoms with Gasteiger partial charge in [0.05, 0.1) is 0 Å². The van der Waals surface area contributed by atoms with Gasteiger partial charge in [0.25, 0.3) is 0 Å². The summed E-state index contributed by atoms with van der Waals surface area (Å²) in [6, 6.07) is 32.1. The first kappa shape index (κ1) is 39.1. The number of benzene rings is 4. The quantitative estimate of drug-likeness (QED) is 0.0864. The van der Waals surface area contributed by atoms with Crippen molar-refractivity contribution in [3.05, 3.63) is 144 Å². The van der Waals surface area contributed by atoms with Crippen LogP contribution in [0.1, 0.15) is 146 Å². The Morgan fingerprint density at radius 3 is 1.87 bits per heavy atom. The van der Waals surface area contributed by atoms with E-state index in [2.05, 4.69) is 141 Å². The summed E-state index contributed by atoms with van der Waals surface area (Å²) in [4.78, 5) is 2.53. The van der Waals surface area contributed by atoms with Crippen molar-refractivity contribution < 1.29 is 0 Å². The van der Waals surface area contributed by atoms with Crippen molar-refractivity contribution in [2.24, 2.45) is 0 Å². The van der Waals surface area contributed by atoms with Gasteiger partial charge in [-0.2, -0.15) is 0 Å². The van der Waals surface area contributed by atoms with Crippen molar-refractivity contribution in [3.63, 3.8) is 0 Å². The van der Waals surface area contributed by atoms with Gasteiger partial charge in [-0.3, -0.25) is 0 Å². The number of rotatable bonds is 21. The standard InChI is InChI=1S/C52H64N2/c1-6-10-12-14-16-18-33-52(34-19-17-15-13-11-7-2)50-38-44(53-43-26-21-24-41(8-3)36-43)29-31-48(50)49-32-30-47(39-51(49)52)54(45-27-20-23-40(5)35-45)46-28-22-25-42(9-4)37-46/h8-9,21-26,28-32,35-39,53H,3-4,6-7,10-20,27,33-34H2,1-2,5H3. The number of anilines is 4. The van der Waals surface area contributed by atoms with Crippen molar-refractivity contribution in [2.45, 2.75) is 129 Å². The largest absolute Gasteiger partial charge is 0.356 e. The number of allylic oxidation sites excluding steroid dienone is 4. The predicted octanol–water partition coefficient (Wildman–Crippen LogP) is 16.2. The van der Waals surface area contributed by atoms with Gasteiger partial charge < -0.3 is 10.2 Å². The molecule has 4 aromatic carbocycles. The lowest BCUT2D eigenvalue weighted by atomic mass is 9.70. The van der Waals surface area contributed by atoms with E-state index in [0.717, 1.165) is 35.3 Å². The van der Waals surface area contributed by atoms with Crippen molar-refractivity contribution in [2.75, 3.05) is 10.2 Å². The minimum Gasteiger partial charge on any atom is -0.356 e. The molecule has 0 radical (unpaired) electrons. The SMILES string of the molecule is C=Cc1cccc(Nc2ccc3c(c2)C(CCCCCCCC)(CCCCCCCC)c2cc(N(C4=CC(C)=CCC4)c4cccc(C=C)c4)ccc2-3)c1. The molecule has 0 fully saturated rings. The van der Waals surface area contributed by atoms with Gasteiger partial charge in [-0.15, -0.1) is 0 Å². The van der Waals surface area contributed by atoms with Crippen LogP contribution < -0.4 is 10.2 Å². The second-order valence-corrected chi connectivity index (χ2v) is 15.8. The summed E-state index contributed by atoms with van der Waals surface area (Å²) in [5.74, 6) is 0. The first-order valence-electron chi connectivity index (χ1n) is 21.2. The van der Waals surface area contributed by atoms with Crippen LogP contribution in [0.25, 0.3) is 23.3 Å². The molecule has 1 N–H and O–H groups in total. The average Bonchev–Trinajstić information content (AvgIpc) is 3.46. The summed E-state index contributed by atoms with van der Waals surface area (Å²) in [6.07, 6.45) is 28.8. The Balaban J connectivity index is 1.47. The van der Waals surface area contributed by atoms with Gasteiger partial charge >= 0.3 is 0 Å². The van der Waals surface area contributed by atoms with Crippen LogP contribution in [0.4, 0.5) is 22.7 Å². The van der Waals surface area contributed by atoms with Gasteiger partial charge in [0.2, 0.25) is 0 Å². The molecule has 0 aromatic heterocycles. The van der Waals surface area contributed by atoms with Crippen LogP contribution in [0.2, 0.25) is 0 Å². The first-order valence-corrected chi connectivity index (χ1v) is 21.2. The number of nitrogens with one attached hydrogen (secondary N) is 1. The van der Waals surface area contributed by atoms with E-state index in [-0.39, 0.29) is 5.41 Å². The highest BCUT2D eigenvalue weighted by Gasteiger charge is 2.43. The third kappa shape index (κ3) is 9.20. The second-order valence-electron chi connectivity index (χ2n) is 15.8. The fourth-order valence-corrected chi connectivity index (χ4v) is 8.98. The fraction of sp³-hybridized carbons (Fsp3) is 0.385. The maximum absolute atomic E-state index is 4.11. The minimum atomic E-state index is -0.0394. The molecule has 0 unspecified atom stereocenters. The number of nitrogens with zero attached hydrogens (tertiary/aromatic N) is 1. The van der Waals surface area contributed by atoms with Crippen LogP contribution in [0, 0.1) is 0 Å². The number of hydrogen-bond donors (Lipinski definition) is 1. The number of hydrogen-bond acceptors (Lipinski definition) is 2. The molecule has 0 heterocycles. The fourth-order valence-electron chi connectivity index (χ4n) is 8.98. The first-order chi connectivity index (χ1) is 26.5. The third-order valence-electron chi connectivity index (χ3n) is 11.8. The summed E-state index contributed by atoms with van der Waals surface area (Å²) >= 11 is 0. The average molecular weight is 717 g/mol. The van der Waals surface area contributed by atoms with Gasteiger partial charge in [0, 0.05) is 33.9 Å². The Labute approximate surface area is 327 Å². The highest BCUT2D eigenvalue weighted by Crippen LogP contribution is 2.56. The molecule has 0 atom stereocenters. The molecule has 0 bridgehead atoms. The maximum atomic E-state index is 4.11. The topological polar surface area (TPSA) is 15.3 Å². The Bertz CT molecular complexity index is 1920. The molecule has 54 heavy (non-hydrogen) atoms. The zero-order valence-electron chi connectivity index (χ0n) is 33.6. The number of unbranched alkanes of at least 4 members (excludes halogenated alkanes) is 10. The minimum absolute atomic E-state index is 0.0394. The molecule has 0 spiro atoms. The van der Waals surface area contributed by atoms with E-state index < -0.39 is 0 Å². The molecule has 2 aliphatic carbocycles. The molecule has 0 saturated heterocycles. The van der Waals surface area contributed by atoms with Crippen LogP contribution >= 0.6 is 0 Å².